The van der Waals surface area contributed by atoms with Gasteiger partial charge in [-0.2, -0.15) is 0 Å². The Hall–Kier alpha value is -1.82. The summed E-state index contributed by atoms with van der Waals surface area (Å²) in [7, 11) is 0. The number of fused-ring (bicyclic) bond motifs is 1. The van der Waals surface area contributed by atoms with E-state index in [4.69, 9.17) is 0 Å². The standard InChI is InChI=1S/C20H23F3N6S2/c1-20(4-5-20)27-31-13-8-16(28-7-6-24-12(9-21)10-28)14-2-3-15(29(14)11-13)18-25-26-19(30-18)17(22)23/h2-3,8,11-12,17,24,27H,4-7,9-10H2,1H3/t12-/m1/s1. The number of rotatable bonds is 7. The van der Waals surface area contributed by atoms with Crippen molar-refractivity contribution >= 4 is 34.5 Å². The summed E-state index contributed by atoms with van der Waals surface area (Å²) < 4.78 is 44.9. The number of pyridine rings is 1. The number of nitrogens with one attached hydrogen (secondary N) is 2. The van der Waals surface area contributed by atoms with Gasteiger partial charge < -0.3 is 14.6 Å². The molecule has 0 aromatic carbocycles. The normalized spacial score (nSPS) is 20.7. The van der Waals surface area contributed by atoms with E-state index in [2.05, 4.69) is 38.1 Å². The van der Waals surface area contributed by atoms with Gasteiger partial charge in [-0.1, -0.05) is 11.3 Å². The zero-order chi connectivity index (χ0) is 21.6. The summed E-state index contributed by atoms with van der Waals surface area (Å²) >= 11 is 2.47. The number of piperazine rings is 1. The second-order valence-corrected chi connectivity index (χ2v) is 10.2. The average Bonchev–Trinajstić information content (AvgIpc) is 3.17. The van der Waals surface area contributed by atoms with Crippen molar-refractivity contribution in [2.75, 3.05) is 31.2 Å². The lowest BCUT2D eigenvalue weighted by molar-refractivity contribution is 0.150. The minimum absolute atomic E-state index is 0.152. The molecule has 1 aliphatic heterocycles. The number of hydrogen-bond donors (Lipinski definition) is 2. The Bertz CT molecular complexity index is 1080. The second-order valence-electron chi connectivity index (χ2n) is 8.30. The van der Waals surface area contributed by atoms with Crippen molar-refractivity contribution in [3.8, 4) is 10.7 Å². The van der Waals surface area contributed by atoms with Gasteiger partial charge in [-0.15, -0.1) is 10.2 Å². The average molecular weight is 469 g/mol. The molecule has 1 saturated carbocycles. The monoisotopic (exact) mass is 468 g/mol. The zero-order valence-electron chi connectivity index (χ0n) is 16.9. The van der Waals surface area contributed by atoms with Crippen molar-refractivity contribution in [3.05, 3.63) is 29.4 Å². The SMILES string of the molecule is CC1(NSc2cc(N3CCN[C@H](CF)C3)c3ccc(-c4nnc(C(F)F)s4)n3c2)CC1. The van der Waals surface area contributed by atoms with Crippen LogP contribution in [0.5, 0.6) is 0 Å². The summed E-state index contributed by atoms with van der Waals surface area (Å²) in [6.07, 6.45) is 1.64. The predicted molar refractivity (Wildman–Crippen MR) is 118 cm³/mol. The molecule has 0 bridgehead atoms. The van der Waals surface area contributed by atoms with E-state index in [1.165, 1.54) is 0 Å². The van der Waals surface area contributed by atoms with E-state index in [9.17, 15) is 13.2 Å². The maximum absolute atomic E-state index is 13.3. The van der Waals surface area contributed by atoms with Crippen LogP contribution in [0.3, 0.4) is 0 Å². The van der Waals surface area contributed by atoms with Gasteiger partial charge in [0, 0.05) is 36.3 Å². The Morgan fingerprint density at radius 1 is 1.35 bits per heavy atom. The van der Waals surface area contributed by atoms with E-state index < -0.39 is 13.1 Å². The van der Waals surface area contributed by atoms with E-state index in [1.807, 2.05) is 22.7 Å². The number of nitrogens with zero attached hydrogens (tertiary/aromatic N) is 4. The molecular weight excluding hydrogens is 445 g/mol. The first-order valence-corrected chi connectivity index (χ1v) is 11.8. The Balaban J connectivity index is 1.56. The first-order chi connectivity index (χ1) is 15.0. The van der Waals surface area contributed by atoms with E-state index in [0.29, 0.717) is 18.1 Å². The molecule has 1 atom stereocenters. The summed E-state index contributed by atoms with van der Waals surface area (Å²) in [6, 6.07) is 5.76. The largest absolute Gasteiger partial charge is 0.367 e. The highest BCUT2D eigenvalue weighted by Crippen LogP contribution is 2.39. The summed E-state index contributed by atoms with van der Waals surface area (Å²) in [5.41, 5.74) is 2.81. The second kappa shape index (κ2) is 8.27. The number of halogens is 3. The first kappa shape index (κ1) is 21.0. The third-order valence-electron chi connectivity index (χ3n) is 5.76. The molecule has 2 aliphatic rings. The van der Waals surface area contributed by atoms with Crippen molar-refractivity contribution in [1.29, 1.82) is 0 Å². The number of aromatic nitrogens is 3. The van der Waals surface area contributed by atoms with Gasteiger partial charge in [0.15, 0.2) is 10.0 Å². The van der Waals surface area contributed by atoms with Gasteiger partial charge in [-0.05, 0) is 49.9 Å². The van der Waals surface area contributed by atoms with Crippen molar-refractivity contribution < 1.29 is 13.2 Å². The Morgan fingerprint density at radius 3 is 2.90 bits per heavy atom. The minimum Gasteiger partial charge on any atom is -0.367 e. The van der Waals surface area contributed by atoms with Crippen LogP contribution < -0.4 is 14.9 Å². The molecule has 0 spiro atoms. The molecule has 6 nitrogen and oxygen atoms in total. The summed E-state index contributed by atoms with van der Waals surface area (Å²) in [5.74, 6) is 0. The molecule has 4 heterocycles. The molecule has 166 valence electrons. The zero-order valence-corrected chi connectivity index (χ0v) is 18.6. The Kier molecular flexibility index (Phi) is 5.61. The highest BCUT2D eigenvalue weighted by Gasteiger charge is 2.37. The maximum atomic E-state index is 13.3. The summed E-state index contributed by atoms with van der Waals surface area (Å²) in [6.45, 7) is 3.81. The lowest BCUT2D eigenvalue weighted by Crippen LogP contribution is -2.51. The number of alkyl halides is 3. The molecule has 0 unspecified atom stereocenters. The van der Waals surface area contributed by atoms with E-state index in [0.717, 1.165) is 52.5 Å². The van der Waals surface area contributed by atoms with E-state index in [1.54, 1.807) is 11.9 Å². The quantitative estimate of drug-likeness (QED) is 0.505. The van der Waals surface area contributed by atoms with Crippen molar-refractivity contribution in [2.24, 2.45) is 0 Å². The molecule has 2 fully saturated rings. The van der Waals surface area contributed by atoms with Crippen LogP contribution in [0.2, 0.25) is 0 Å². The predicted octanol–water partition coefficient (Wildman–Crippen LogP) is 4.29. The van der Waals surface area contributed by atoms with Gasteiger partial charge in [0.05, 0.1) is 22.9 Å². The molecule has 3 aromatic rings. The van der Waals surface area contributed by atoms with E-state index in [-0.39, 0.29) is 16.6 Å². The van der Waals surface area contributed by atoms with Crippen LogP contribution in [0.1, 0.15) is 31.2 Å². The molecule has 1 aliphatic carbocycles. The fourth-order valence-corrected chi connectivity index (χ4v) is 5.32. The molecular formula is C20H23F3N6S2. The molecule has 0 radical (unpaired) electrons. The highest BCUT2D eigenvalue weighted by atomic mass is 32.2. The molecule has 1 saturated heterocycles. The molecule has 31 heavy (non-hydrogen) atoms. The minimum atomic E-state index is -2.64. The van der Waals surface area contributed by atoms with Crippen LogP contribution >= 0.6 is 23.3 Å². The van der Waals surface area contributed by atoms with Gasteiger partial charge in [0.1, 0.15) is 6.67 Å². The molecule has 0 amide bonds. The Morgan fingerprint density at radius 2 is 2.19 bits per heavy atom. The Labute approximate surface area is 186 Å². The van der Waals surface area contributed by atoms with Crippen LogP contribution in [-0.2, 0) is 0 Å². The molecule has 3 aromatic heterocycles. The summed E-state index contributed by atoms with van der Waals surface area (Å²) in [4.78, 5) is 3.19. The molecule has 11 heteroatoms. The fourth-order valence-electron chi connectivity index (χ4n) is 3.70. The van der Waals surface area contributed by atoms with Crippen molar-refractivity contribution in [1.82, 2.24) is 24.6 Å². The highest BCUT2D eigenvalue weighted by molar-refractivity contribution is 7.97. The van der Waals surface area contributed by atoms with Crippen molar-refractivity contribution in [2.45, 2.75) is 42.7 Å². The third-order valence-corrected chi connectivity index (χ3v) is 7.77. The first-order valence-electron chi connectivity index (χ1n) is 10.2. The lowest BCUT2D eigenvalue weighted by atomic mass is 10.2. The van der Waals surface area contributed by atoms with Gasteiger partial charge in [-0.3, -0.25) is 4.72 Å². The summed E-state index contributed by atoms with van der Waals surface area (Å²) in [5, 5.41) is 11.0. The van der Waals surface area contributed by atoms with Crippen LogP contribution in [0, 0.1) is 0 Å². The lowest BCUT2D eigenvalue weighted by Gasteiger charge is -2.34. The molecule has 5 rings (SSSR count). The fraction of sp³-hybridized carbons (Fsp3) is 0.500. The van der Waals surface area contributed by atoms with Crippen molar-refractivity contribution in [3.63, 3.8) is 0 Å². The number of hydrogen-bond acceptors (Lipinski definition) is 7. The maximum Gasteiger partial charge on any atom is 0.291 e. The van der Waals surface area contributed by atoms with E-state index >= 15 is 0 Å². The third kappa shape index (κ3) is 4.28. The van der Waals surface area contributed by atoms with Gasteiger partial charge in [0.25, 0.3) is 6.43 Å². The van der Waals surface area contributed by atoms with Crippen LogP contribution in [-0.4, -0.2) is 52.5 Å². The van der Waals surface area contributed by atoms with Gasteiger partial charge >= 0.3 is 0 Å². The topological polar surface area (TPSA) is 57.5 Å². The molecule has 2 N–H and O–H groups in total. The van der Waals surface area contributed by atoms with Crippen LogP contribution in [0.25, 0.3) is 16.2 Å². The van der Waals surface area contributed by atoms with Crippen LogP contribution in [0.15, 0.2) is 29.3 Å². The van der Waals surface area contributed by atoms with Gasteiger partial charge in [-0.25, -0.2) is 13.2 Å². The van der Waals surface area contributed by atoms with Crippen LogP contribution in [0.4, 0.5) is 18.9 Å². The smallest absolute Gasteiger partial charge is 0.291 e. The van der Waals surface area contributed by atoms with Gasteiger partial charge in [0.2, 0.25) is 0 Å². The number of anilines is 1.